The van der Waals surface area contributed by atoms with E-state index in [2.05, 4.69) is 31.9 Å². The Bertz CT molecular complexity index is 505. The van der Waals surface area contributed by atoms with Crippen LogP contribution < -0.4 is 5.73 Å². The van der Waals surface area contributed by atoms with Gasteiger partial charge in [0.15, 0.2) is 0 Å². The van der Waals surface area contributed by atoms with Crippen LogP contribution in [0.1, 0.15) is 23.2 Å². The zero-order valence-corrected chi connectivity index (χ0v) is 12.7. The lowest BCUT2D eigenvalue weighted by atomic mass is 10.1. The average Bonchev–Trinajstić information content (AvgIpc) is 2.77. The van der Waals surface area contributed by atoms with Crippen LogP contribution in [0.4, 0.5) is 0 Å². The van der Waals surface area contributed by atoms with E-state index in [4.69, 9.17) is 5.73 Å². The van der Waals surface area contributed by atoms with E-state index in [1.165, 1.54) is 0 Å². The molecular formula is C12H12Br2N2O2. The molecule has 1 heterocycles. The second-order valence-corrected chi connectivity index (χ2v) is 5.95. The highest BCUT2D eigenvalue weighted by molar-refractivity contribution is 9.11. The quantitative estimate of drug-likeness (QED) is 0.861. The summed E-state index contributed by atoms with van der Waals surface area (Å²) >= 11 is 6.69. The largest absolute Gasteiger partial charge is 0.368 e. The van der Waals surface area contributed by atoms with Crippen LogP contribution in [0.2, 0.25) is 0 Å². The Morgan fingerprint density at radius 3 is 2.67 bits per heavy atom. The lowest BCUT2D eigenvalue weighted by molar-refractivity contribution is -0.121. The van der Waals surface area contributed by atoms with E-state index in [9.17, 15) is 9.59 Å². The molecule has 1 aliphatic rings. The molecule has 1 aromatic rings. The first-order valence-corrected chi connectivity index (χ1v) is 7.14. The number of amides is 2. The molecule has 0 bridgehead atoms. The standard InChI is InChI=1S/C12H12Br2N2O2/c13-7-3-4-8(9(14)6-7)12(18)16-5-1-2-10(16)11(15)17/h3-4,6,10H,1-2,5H2,(H2,15,17). The Hall–Kier alpha value is -0.880. The minimum atomic E-state index is -0.479. The Morgan fingerprint density at radius 2 is 2.06 bits per heavy atom. The molecule has 1 fully saturated rings. The van der Waals surface area contributed by atoms with E-state index in [-0.39, 0.29) is 5.91 Å². The van der Waals surface area contributed by atoms with Crippen molar-refractivity contribution in [3.05, 3.63) is 32.7 Å². The Kier molecular flexibility index (Phi) is 4.07. The van der Waals surface area contributed by atoms with Crippen molar-refractivity contribution in [2.24, 2.45) is 5.73 Å². The van der Waals surface area contributed by atoms with Crippen LogP contribution in [0.25, 0.3) is 0 Å². The van der Waals surface area contributed by atoms with Crippen molar-refractivity contribution in [1.82, 2.24) is 4.90 Å². The lowest BCUT2D eigenvalue weighted by Gasteiger charge is -2.22. The first kappa shape index (κ1) is 13.5. The van der Waals surface area contributed by atoms with Crippen molar-refractivity contribution in [3.8, 4) is 0 Å². The van der Waals surface area contributed by atoms with Crippen LogP contribution in [-0.2, 0) is 4.79 Å². The molecule has 0 spiro atoms. The molecule has 1 aromatic carbocycles. The topological polar surface area (TPSA) is 63.4 Å². The molecule has 1 unspecified atom stereocenters. The van der Waals surface area contributed by atoms with E-state index >= 15 is 0 Å². The third-order valence-corrected chi connectivity index (χ3v) is 4.15. The minimum absolute atomic E-state index is 0.157. The van der Waals surface area contributed by atoms with Crippen molar-refractivity contribution in [1.29, 1.82) is 0 Å². The summed E-state index contributed by atoms with van der Waals surface area (Å²) in [7, 11) is 0. The molecule has 4 nitrogen and oxygen atoms in total. The van der Waals surface area contributed by atoms with E-state index in [1.807, 2.05) is 6.07 Å². The zero-order chi connectivity index (χ0) is 13.3. The number of carbonyl (C=O) groups is 2. The summed E-state index contributed by atoms with van der Waals surface area (Å²) in [5.41, 5.74) is 5.86. The first-order valence-electron chi connectivity index (χ1n) is 5.56. The van der Waals surface area contributed by atoms with Crippen molar-refractivity contribution in [2.75, 3.05) is 6.54 Å². The minimum Gasteiger partial charge on any atom is -0.368 e. The molecule has 2 amide bonds. The summed E-state index contributed by atoms with van der Waals surface area (Å²) in [5.74, 6) is -0.593. The summed E-state index contributed by atoms with van der Waals surface area (Å²) < 4.78 is 1.59. The smallest absolute Gasteiger partial charge is 0.255 e. The SMILES string of the molecule is NC(=O)C1CCCN1C(=O)c1ccc(Br)cc1Br. The summed E-state index contributed by atoms with van der Waals surface area (Å²) in [4.78, 5) is 25.2. The first-order chi connectivity index (χ1) is 8.50. The normalized spacial score (nSPS) is 19.0. The second kappa shape index (κ2) is 5.40. The molecule has 0 saturated carbocycles. The van der Waals surface area contributed by atoms with Crippen molar-refractivity contribution in [2.45, 2.75) is 18.9 Å². The van der Waals surface area contributed by atoms with Crippen LogP contribution in [0.3, 0.4) is 0 Å². The maximum Gasteiger partial charge on any atom is 0.255 e. The molecular weight excluding hydrogens is 364 g/mol. The van der Waals surface area contributed by atoms with E-state index in [1.54, 1.807) is 17.0 Å². The Morgan fingerprint density at radius 1 is 1.33 bits per heavy atom. The molecule has 1 atom stereocenters. The summed E-state index contributed by atoms with van der Waals surface area (Å²) in [6.07, 6.45) is 1.46. The number of nitrogens with zero attached hydrogens (tertiary/aromatic N) is 1. The summed E-state index contributed by atoms with van der Waals surface area (Å²) in [6, 6.07) is 4.86. The van der Waals surface area contributed by atoms with Crippen LogP contribution in [0.15, 0.2) is 27.1 Å². The van der Waals surface area contributed by atoms with Gasteiger partial charge in [-0.15, -0.1) is 0 Å². The van der Waals surface area contributed by atoms with Gasteiger partial charge in [-0.05, 0) is 47.0 Å². The Balaban J connectivity index is 2.28. The van der Waals surface area contributed by atoms with Crippen molar-refractivity contribution in [3.63, 3.8) is 0 Å². The molecule has 0 radical (unpaired) electrons. The molecule has 18 heavy (non-hydrogen) atoms. The van der Waals surface area contributed by atoms with E-state index in [0.717, 1.165) is 10.9 Å². The van der Waals surface area contributed by atoms with Gasteiger partial charge >= 0.3 is 0 Å². The molecule has 2 rings (SSSR count). The number of carbonyl (C=O) groups excluding carboxylic acids is 2. The van der Waals surface area contributed by atoms with Gasteiger partial charge in [0.2, 0.25) is 5.91 Å². The molecule has 2 N–H and O–H groups in total. The number of primary amides is 1. The maximum absolute atomic E-state index is 12.4. The van der Waals surface area contributed by atoms with Crippen LogP contribution in [0.5, 0.6) is 0 Å². The molecule has 1 aliphatic heterocycles. The van der Waals surface area contributed by atoms with Gasteiger partial charge in [-0.1, -0.05) is 15.9 Å². The van der Waals surface area contributed by atoms with Crippen LogP contribution in [-0.4, -0.2) is 29.3 Å². The van der Waals surface area contributed by atoms with Gasteiger partial charge in [0, 0.05) is 15.5 Å². The highest BCUT2D eigenvalue weighted by Gasteiger charge is 2.33. The van der Waals surface area contributed by atoms with Gasteiger partial charge in [-0.2, -0.15) is 0 Å². The number of rotatable bonds is 2. The average molecular weight is 376 g/mol. The third-order valence-electron chi connectivity index (χ3n) is 3.00. The maximum atomic E-state index is 12.4. The van der Waals surface area contributed by atoms with Crippen LogP contribution >= 0.6 is 31.9 Å². The molecule has 0 aliphatic carbocycles. The Labute approximate surface area is 122 Å². The molecule has 0 aromatic heterocycles. The fourth-order valence-electron chi connectivity index (χ4n) is 2.12. The van der Waals surface area contributed by atoms with Crippen molar-refractivity contribution < 1.29 is 9.59 Å². The number of hydrogen-bond acceptors (Lipinski definition) is 2. The highest BCUT2D eigenvalue weighted by atomic mass is 79.9. The zero-order valence-electron chi connectivity index (χ0n) is 9.53. The van der Waals surface area contributed by atoms with Crippen LogP contribution in [0, 0.1) is 0 Å². The summed E-state index contributed by atoms with van der Waals surface area (Å²) in [5, 5.41) is 0. The second-order valence-electron chi connectivity index (χ2n) is 4.18. The molecule has 96 valence electrons. The fourth-order valence-corrected chi connectivity index (χ4v) is 3.34. The highest BCUT2D eigenvalue weighted by Crippen LogP contribution is 2.26. The number of likely N-dealkylation sites (tertiary alicyclic amines) is 1. The number of hydrogen-bond donors (Lipinski definition) is 1. The van der Waals surface area contributed by atoms with Gasteiger partial charge in [0.1, 0.15) is 6.04 Å². The summed E-state index contributed by atoms with van der Waals surface area (Å²) in [6.45, 7) is 0.578. The number of nitrogens with two attached hydrogens (primary N) is 1. The molecule has 6 heteroatoms. The van der Waals surface area contributed by atoms with E-state index in [0.29, 0.717) is 23.0 Å². The predicted molar refractivity (Wildman–Crippen MR) is 75.1 cm³/mol. The number of benzene rings is 1. The number of halogens is 2. The fraction of sp³-hybridized carbons (Fsp3) is 0.333. The van der Waals surface area contributed by atoms with Gasteiger partial charge < -0.3 is 10.6 Å². The predicted octanol–water partition coefficient (Wildman–Crippen LogP) is 2.30. The van der Waals surface area contributed by atoms with Gasteiger partial charge in [-0.3, -0.25) is 9.59 Å². The third kappa shape index (κ3) is 2.59. The molecule has 1 saturated heterocycles. The van der Waals surface area contributed by atoms with Gasteiger partial charge in [0.25, 0.3) is 5.91 Å². The van der Waals surface area contributed by atoms with E-state index < -0.39 is 11.9 Å². The van der Waals surface area contributed by atoms with Crippen molar-refractivity contribution >= 4 is 43.7 Å². The lowest BCUT2D eigenvalue weighted by Crippen LogP contribution is -2.43. The van der Waals surface area contributed by atoms with Gasteiger partial charge in [0.05, 0.1) is 5.56 Å². The van der Waals surface area contributed by atoms with Gasteiger partial charge in [-0.25, -0.2) is 0 Å². The monoisotopic (exact) mass is 374 g/mol.